The molecule has 0 aliphatic rings. The van der Waals surface area contributed by atoms with Gasteiger partial charge >= 0.3 is 0 Å². The highest BCUT2D eigenvalue weighted by Crippen LogP contribution is 2.11. The molecule has 5 heteroatoms. The fraction of sp³-hybridized carbons (Fsp3) is 0.286. The summed E-state index contributed by atoms with van der Waals surface area (Å²) in [6.07, 6.45) is 3.32. The normalized spacial score (nSPS) is 10.2. The van der Waals surface area contributed by atoms with Gasteiger partial charge in [-0.1, -0.05) is 12.1 Å². The van der Waals surface area contributed by atoms with Crippen molar-refractivity contribution in [2.24, 2.45) is 0 Å². The number of nitrogens with zero attached hydrogens (tertiary/aromatic N) is 2. The van der Waals surface area contributed by atoms with Gasteiger partial charge in [-0.2, -0.15) is 5.10 Å². The third-order valence-electron chi connectivity index (χ3n) is 2.83. The molecule has 1 aromatic heterocycles. The van der Waals surface area contributed by atoms with E-state index in [1.165, 1.54) is 0 Å². The van der Waals surface area contributed by atoms with Crippen LogP contribution in [0.3, 0.4) is 0 Å². The Morgan fingerprint density at radius 3 is 2.68 bits per heavy atom. The van der Waals surface area contributed by atoms with Gasteiger partial charge in [-0.05, 0) is 24.6 Å². The van der Waals surface area contributed by atoms with Crippen molar-refractivity contribution in [3.05, 3.63) is 47.8 Å². The molecular weight excluding hydrogens is 242 g/mol. The first-order valence-corrected chi connectivity index (χ1v) is 6.16. The largest absolute Gasteiger partial charge is 0.497 e. The van der Waals surface area contributed by atoms with E-state index in [-0.39, 0.29) is 5.91 Å². The van der Waals surface area contributed by atoms with Gasteiger partial charge in [-0.25, -0.2) is 0 Å². The summed E-state index contributed by atoms with van der Waals surface area (Å²) in [5.74, 6) is 0.690. The molecule has 0 atom stereocenters. The number of nitrogens with one attached hydrogen (secondary N) is 1. The summed E-state index contributed by atoms with van der Waals surface area (Å²) in [6.45, 7) is 3.22. The number of methoxy groups -OCH3 is 1. The third-order valence-corrected chi connectivity index (χ3v) is 2.83. The van der Waals surface area contributed by atoms with E-state index < -0.39 is 0 Å². The number of ether oxygens (including phenoxy) is 1. The minimum absolute atomic E-state index is 0.115. The highest BCUT2D eigenvalue weighted by Gasteiger charge is 2.07. The number of hydrogen-bond donors (Lipinski definition) is 1. The number of benzene rings is 1. The lowest BCUT2D eigenvalue weighted by Gasteiger charge is -2.05. The maximum atomic E-state index is 11.9. The Kier molecular flexibility index (Phi) is 4.18. The lowest BCUT2D eigenvalue weighted by molar-refractivity contribution is 0.0951. The molecule has 0 unspecified atom stereocenters. The number of hydrogen-bond acceptors (Lipinski definition) is 3. The van der Waals surface area contributed by atoms with Crippen LogP contribution in [0.4, 0.5) is 0 Å². The smallest absolute Gasteiger partial charge is 0.254 e. The number of rotatable bonds is 5. The monoisotopic (exact) mass is 259 g/mol. The van der Waals surface area contributed by atoms with Crippen molar-refractivity contribution >= 4 is 5.91 Å². The van der Waals surface area contributed by atoms with E-state index in [0.717, 1.165) is 17.9 Å². The maximum absolute atomic E-state index is 11.9. The van der Waals surface area contributed by atoms with Gasteiger partial charge in [0, 0.05) is 19.3 Å². The minimum atomic E-state index is -0.115. The van der Waals surface area contributed by atoms with Crippen LogP contribution in [0.2, 0.25) is 0 Å². The van der Waals surface area contributed by atoms with Crippen LogP contribution in [0.15, 0.2) is 36.7 Å². The van der Waals surface area contributed by atoms with Crippen molar-refractivity contribution in [2.45, 2.75) is 20.0 Å². The van der Waals surface area contributed by atoms with Crippen LogP contribution >= 0.6 is 0 Å². The summed E-state index contributed by atoms with van der Waals surface area (Å²) >= 11 is 0. The second-order valence-electron chi connectivity index (χ2n) is 4.12. The van der Waals surface area contributed by atoms with Crippen LogP contribution in [0.25, 0.3) is 0 Å². The molecule has 1 amide bonds. The van der Waals surface area contributed by atoms with Crippen LogP contribution in [-0.4, -0.2) is 22.8 Å². The average molecular weight is 259 g/mol. The third kappa shape index (κ3) is 3.34. The van der Waals surface area contributed by atoms with Crippen LogP contribution in [0.1, 0.15) is 22.8 Å². The molecule has 19 heavy (non-hydrogen) atoms. The molecule has 0 spiro atoms. The quantitative estimate of drug-likeness (QED) is 0.891. The molecule has 0 saturated carbocycles. The predicted molar refractivity (Wildman–Crippen MR) is 72.1 cm³/mol. The molecule has 2 rings (SSSR count). The molecule has 5 nitrogen and oxygen atoms in total. The molecule has 0 aliphatic heterocycles. The number of carbonyl (C=O) groups is 1. The van der Waals surface area contributed by atoms with E-state index in [2.05, 4.69) is 10.4 Å². The Labute approximate surface area is 112 Å². The zero-order valence-corrected chi connectivity index (χ0v) is 11.1. The molecule has 1 N–H and O–H groups in total. The zero-order chi connectivity index (χ0) is 13.7. The van der Waals surface area contributed by atoms with E-state index in [1.54, 1.807) is 24.2 Å². The summed E-state index contributed by atoms with van der Waals surface area (Å²) in [4.78, 5) is 11.9. The predicted octanol–water partition coefficient (Wildman–Crippen LogP) is 1.84. The van der Waals surface area contributed by atoms with Crippen LogP contribution in [0.5, 0.6) is 5.75 Å². The fourth-order valence-electron chi connectivity index (χ4n) is 1.68. The van der Waals surface area contributed by atoms with Crippen molar-refractivity contribution in [1.29, 1.82) is 0 Å². The molecule has 1 aromatic carbocycles. The number of carbonyl (C=O) groups excluding carboxylic acids is 1. The van der Waals surface area contributed by atoms with E-state index in [0.29, 0.717) is 12.1 Å². The summed E-state index contributed by atoms with van der Waals surface area (Å²) in [7, 11) is 1.63. The topological polar surface area (TPSA) is 56.2 Å². The SMILES string of the molecule is CCn1cc(C(=O)NCc2ccc(OC)cc2)cn1. The highest BCUT2D eigenvalue weighted by molar-refractivity contribution is 5.93. The summed E-state index contributed by atoms with van der Waals surface area (Å²) in [6, 6.07) is 7.59. The Balaban J connectivity index is 1.92. The molecule has 100 valence electrons. The van der Waals surface area contributed by atoms with Crippen molar-refractivity contribution < 1.29 is 9.53 Å². The number of aromatic nitrogens is 2. The zero-order valence-electron chi connectivity index (χ0n) is 11.1. The van der Waals surface area contributed by atoms with Crippen molar-refractivity contribution in [3.8, 4) is 5.75 Å². The van der Waals surface area contributed by atoms with E-state index in [4.69, 9.17) is 4.74 Å². The fourth-order valence-corrected chi connectivity index (χ4v) is 1.68. The number of aryl methyl sites for hydroxylation is 1. The first kappa shape index (κ1) is 13.1. The van der Waals surface area contributed by atoms with Gasteiger partial charge in [0.2, 0.25) is 0 Å². The maximum Gasteiger partial charge on any atom is 0.254 e. The molecule has 0 bridgehead atoms. The van der Waals surface area contributed by atoms with E-state index in [9.17, 15) is 4.79 Å². The van der Waals surface area contributed by atoms with Crippen molar-refractivity contribution in [1.82, 2.24) is 15.1 Å². The Bertz CT molecular complexity index is 546. The Hall–Kier alpha value is -2.30. The molecule has 0 radical (unpaired) electrons. The minimum Gasteiger partial charge on any atom is -0.497 e. The molecule has 2 aromatic rings. The summed E-state index contributed by atoms with van der Waals surface area (Å²) in [5, 5.41) is 6.93. The molecule has 0 fully saturated rings. The van der Waals surface area contributed by atoms with Crippen LogP contribution in [-0.2, 0) is 13.1 Å². The highest BCUT2D eigenvalue weighted by atomic mass is 16.5. The standard InChI is InChI=1S/C14H17N3O2/c1-3-17-10-12(9-16-17)14(18)15-8-11-4-6-13(19-2)7-5-11/h4-7,9-10H,3,8H2,1-2H3,(H,15,18). The van der Waals surface area contributed by atoms with Crippen LogP contribution in [0, 0.1) is 0 Å². The molecule has 0 aliphatic carbocycles. The second-order valence-corrected chi connectivity index (χ2v) is 4.12. The van der Waals surface area contributed by atoms with Crippen molar-refractivity contribution in [3.63, 3.8) is 0 Å². The second kappa shape index (κ2) is 6.04. The van der Waals surface area contributed by atoms with Gasteiger partial charge in [-0.15, -0.1) is 0 Å². The summed E-state index contributed by atoms with van der Waals surface area (Å²) < 4.78 is 6.81. The lowest BCUT2D eigenvalue weighted by Crippen LogP contribution is -2.22. The van der Waals surface area contributed by atoms with Crippen molar-refractivity contribution in [2.75, 3.05) is 7.11 Å². The van der Waals surface area contributed by atoms with Gasteiger partial charge < -0.3 is 10.1 Å². The average Bonchev–Trinajstić information content (AvgIpc) is 2.94. The molecule has 0 saturated heterocycles. The van der Waals surface area contributed by atoms with Gasteiger partial charge in [0.25, 0.3) is 5.91 Å². The Morgan fingerprint density at radius 2 is 2.11 bits per heavy atom. The van der Waals surface area contributed by atoms with E-state index in [1.807, 2.05) is 31.2 Å². The van der Waals surface area contributed by atoms with Gasteiger partial charge in [0.05, 0.1) is 18.9 Å². The molecular formula is C14H17N3O2. The van der Waals surface area contributed by atoms with Gasteiger partial charge in [0.15, 0.2) is 0 Å². The first-order chi connectivity index (χ1) is 9.22. The Morgan fingerprint density at radius 1 is 1.37 bits per heavy atom. The summed E-state index contributed by atoms with van der Waals surface area (Å²) in [5.41, 5.74) is 1.60. The first-order valence-electron chi connectivity index (χ1n) is 6.16. The van der Waals surface area contributed by atoms with Crippen LogP contribution < -0.4 is 10.1 Å². The van der Waals surface area contributed by atoms with Gasteiger partial charge in [0.1, 0.15) is 5.75 Å². The molecule has 1 heterocycles. The van der Waals surface area contributed by atoms with Gasteiger partial charge in [-0.3, -0.25) is 9.48 Å². The van der Waals surface area contributed by atoms with E-state index >= 15 is 0 Å². The number of amides is 1. The lowest BCUT2D eigenvalue weighted by atomic mass is 10.2.